The van der Waals surface area contributed by atoms with Crippen molar-refractivity contribution in [3.05, 3.63) is 36.5 Å². The number of carbonyl (C=O) groups is 2. The normalized spacial score (nSPS) is 13.4. The van der Waals surface area contributed by atoms with Gasteiger partial charge >= 0.3 is 5.97 Å². The molecule has 0 fully saturated rings. The molecule has 0 rings (SSSR count). The van der Waals surface area contributed by atoms with Crippen LogP contribution in [-0.4, -0.2) is 46.9 Å². The Bertz CT molecular complexity index is 1070. The molecule has 0 bridgehead atoms. The fourth-order valence-corrected chi connectivity index (χ4v) is 8.81. The lowest BCUT2D eigenvalue weighted by molar-refractivity contribution is -0.151. The third-order valence-electron chi connectivity index (χ3n) is 13.2. The molecule has 0 aromatic heterocycles. The van der Waals surface area contributed by atoms with Crippen LogP contribution in [-0.2, 0) is 14.3 Å². The number of unbranched alkanes of at least 4 members (excludes halogenated alkanes) is 34. The van der Waals surface area contributed by atoms with Crippen LogP contribution >= 0.6 is 0 Å². The molecule has 0 saturated heterocycles. The highest BCUT2D eigenvalue weighted by Crippen LogP contribution is 2.18. The van der Waals surface area contributed by atoms with Gasteiger partial charge in [0.05, 0.1) is 25.2 Å². The summed E-state index contributed by atoms with van der Waals surface area (Å²) in [6, 6.07) is -0.704. The molecule has 3 N–H and O–H groups in total. The third-order valence-corrected chi connectivity index (χ3v) is 13.2. The number of allylic oxidation sites excluding steroid dienone is 6. The number of hydrogen-bond acceptors (Lipinski definition) is 5. The quantitative estimate of drug-likeness (QED) is 0.0321. The molecule has 6 nitrogen and oxygen atoms in total. The Morgan fingerprint density at radius 1 is 0.446 bits per heavy atom. The zero-order valence-electron chi connectivity index (χ0n) is 43.6. The average molecular weight is 915 g/mol. The van der Waals surface area contributed by atoms with Gasteiger partial charge in [0.2, 0.25) is 5.91 Å². The Morgan fingerprint density at radius 2 is 0.785 bits per heavy atom. The average Bonchev–Trinajstić information content (AvgIpc) is 3.30. The van der Waals surface area contributed by atoms with Crippen molar-refractivity contribution in [1.82, 2.24) is 5.32 Å². The van der Waals surface area contributed by atoms with Crippen LogP contribution < -0.4 is 5.32 Å². The van der Waals surface area contributed by atoms with Crippen LogP contribution in [0.25, 0.3) is 0 Å². The van der Waals surface area contributed by atoms with Gasteiger partial charge in [0.15, 0.2) is 0 Å². The van der Waals surface area contributed by atoms with Crippen LogP contribution in [0.15, 0.2) is 36.5 Å². The molecule has 0 spiro atoms. The van der Waals surface area contributed by atoms with Gasteiger partial charge in [0.25, 0.3) is 0 Å². The maximum atomic E-state index is 13.3. The first kappa shape index (κ1) is 63.1. The lowest BCUT2D eigenvalue weighted by atomic mass is 10.0. The highest BCUT2D eigenvalue weighted by atomic mass is 16.5. The molecule has 3 atom stereocenters. The second-order valence-corrected chi connectivity index (χ2v) is 19.7. The van der Waals surface area contributed by atoms with E-state index in [9.17, 15) is 19.8 Å². The monoisotopic (exact) mass is 914 g/mol. The summed E-state index contributed by atoms with van der Waals surface area (Å²) in [7, 11) is 0. The Labute approximate surface area is 404 Å². The van der Waals surface area contributed by atoms with Crippen molar-refractivity contribution in [3.8, 4) is 0 Å². The number of carbonyl (C=O) groups excluding carboxylic acids is 2. The van der Waals surface area contributed by atoms with Gasteiger partial charge in [0.1, 0.15) is 6.10 Å². The summed E-state index contributed by atoms with van der Waals surface area (Å²) in [5, 5.41) is 23.9. The van der Waals surface area contributed by atoms with E-state index in [0.29, 0.717) is 19.3 Å². The van der Waals surface area contributed by atoms with E-state index in [2.05, 4.69) is 62.5 Å². The van der Waals surface area contributed by atoms with Crippen molar-refractivity contribution in [3.63, 3.8) is 0 Å². The van der Waals surface area contributed by atoms with Crippen molar-refractivity contribution in [2.45, 2.75) is 322 Å². The summed E-state index contributed by atoms with van der Waals surface area (Å²) in [5.41, 5.74) is 0. The standard InChI is InChI=1S/C59H111NO5/c1-4-7-10-13-16-19-22-25-28-29-31-34-37-40-43-46-49-52-59(64)65-55(50-47-44-41-38-35-32-30-26-23-20-17-14-11-8-5-2)53-58(63)60-56(54-61)57(62)51-48-45-42-39-36-33-27-24-21-18-15-12-9-6-3/h16,19,25-26,28,30,55-57,61-62H,4-15,17-18,20-24,27,29,31-54H2,1-3H3,(H,60,63)/b19-16-,28-25-,30-26+. The van der Waals surface area contributed by atoms with Gasteiger partial charge in [0, 0.05) is 6.42 Å². The van der Waals surface area contributed by atoms with Gasteiger partial charge in [-0.3, -0.25) is 9.59 Å². The zero-order valence-corrected chi connectivity index (χ0v) is 43.6. The van der Waals surface area contributed by atoms with Gasteiger partial charge in [-0.1, -0.05) is 243 Å². The number of hydrogen-bond donors (Lipinski definition) is 3. The van der Waals surface area contributed by atoms with Crippen molar-refractivity contribution in [1.29, 1.82) is 0 Å². The molecule has 0 aliphatic rings. The minimum absolute atomic E-state index is 0.0716. The molecule has 0 radical (unpaired) electrons. The van der Waals surface area contributed by atoms with Gasteiger partial charge in [-0.25, -0.2) is 0 Å². The summed E-state index contributed by atoms with van der Waals surface area (Å²) in [6.07, 6.45) is 63.4. The zero-order chi connectivity index (χ0) is 47.4. The SMILES string of the molecule is CCCCC/C=C\C/C=C\CCCCCCCCCC(=O)OC(CCCCCCC/C=C/CCCCCCCC)CC(=O)NC(CO)C(O)CCCCCCCCCCCCCCCC. The van der Waals surface area contributed by atoms with Crippen LogP contribution in [0.1, 0.15) is 303 Å². The first-order chi connectivity index (χ1) is 32.0. The molecule has 3 unspecified atom stereocenters. The Hall–Kier alpha value is -1.92. The molecule has 65 heavy (non-hydrogen) atoms. The lowest BCUT2D eigenvalue weighted by Gasteiger charge is -2.24. The topological polar surface area (TPSA) is 95.9 Å². The van der Waals surface area contributed by atoms with Crippen LogP contribution in [0, 0.1) is 0 Å². The highest BCUT2D eigenvalue weighted by molar-refractivity contribution is 5.77. The highest BCUT2D eigenvalue weighted by Gasteiger charge is 2.24. The minimum Gasteiger partial charge on any atom is -0.462 e. The van der Waals surface area contributed by atoms with Gasteiger partial charge in [-0.2, -0.15) is 0 Å². The Morgan fingerprint density at radius 3 is 1.22 bits per heavy atom. The van der Waals surface area contributed by atoms with Crippen molar-refractivity contribution in [2.75, 3.05) is 6.61 Å². The summed E-state index contributed by atoms with van der Waals surface area (Å²) in [6.45, 7) is 6.48. The minimum atomic E-state index is -0.790. The predicted octanol–water partition coefficient (Wildman–Crippen LogP) is 17.6. The molecule has 1 amide bonds. The Balaban J connectivity index is 4.56. The number of nitrogens with one attached hydrogen (secondary N) is 1. The molecule has 0 aliphatic carbocycles. The number of ether oxygens (including phenoxy) is 1. The van der Waals surface area contributed by atoms with E-state index in [-0.39, 0.29) is 24.9 Å². The number of amides is 1. The molecular weight excluding hydrogens is 803 g/mol. The molecule has 0 aromatic rings. The fraction of sp³-hybridized carbons (Fsp3) is 0.864. The van der Waals surface area contributed by atoms with Crippen molar-refractivity contribution >= 4 is 11.9 Å². The van der Waals surface area contributed by atoms with Crippen LogP contribution in [0.4, 0.5) is 0 Å². The molecular formula is C59H111NO5. The van der Waals surface area contributed by atoms with Gasteiger partial charge in [-0.15, -0.1) is 0 Å². The van der Waals surface area contributed by atoms with E-state index < -0.39 is 18.2 Å². The van der Waals surface area contributed by atoms with E-state index in [4.69, 9.17) is 4.74 Å². The molecule has 382 valence electrons. The maximum absolute atomic E-state index is 13.3. The van der Waals surface area contributed by atoms with E-state index in [1.165, 1.54) is 186 Å². The van der Waals surface area contributed by atoms with Gasteiger partial charge < -0.3 is 20.3 Å². The van der Waals surface area contributed by atoms with E-state index in [1.807, 2.05) is 0 Å². The van der Waals surface area contributed by atoms with Crippen LogP contribution in [0.3, 0.4) is 0 Å². The third kappa shape index (κ3) is 48.3. The molecule has 0 saturated carbocycles. The summed E-state index contributed by atoms with van der Waals surface area (Å²) in [4.78, 5) is 26.3. The maximum Gasteiger partial charge on any atom is 0.306 e. The molecule has 0 aliphatic heterocycles. The first-order valence-corrected chi connectivity index (χ1v) is 28.7. The smallest absolute Gasteiger partial charge is 0.306 e. The summed E-state index contributed by atoms with van der Waals surface area (Å²) >= 11 is 0. The summed E-state index contributed by atoms with van der Waals surface area (Å²) in [5.74, 6) is -0.477. The number of rotatable bonds is 52. The molecule has 0 heterocycles. The number of aliphatic hydroxyl groups is 2. The number of aliphatic hydroxyl groups excluding tert-OH is 2. The fourth-order valence-electron chi connectivity index (χ4n) is 8.81. The van der Waals surface area contributed by atoms with E-state index >= 15 is 0 Å². The second-order valence-electron chi connectivity index (χ2n) is 19.7. The second kappa shape index (κ2) is 53.0. The Kier molecular flexibility index (Phi) is 51.5. The van der Waals surface area contributed by atoms with Crippen LogP contribution in [0.5, 0.6) is 0 Å². The van der Waals surface area contributed by atoms with E-state index in [0.717, 1.165) is 70.6 Å². The first-order valence-electron chi connectivity index (χ1n) is 28.7. The number of esters is 1. The van der Waals surface area contributed by atoms with Crippen LogP contribution in [0.2, 0.25) is 0 Å². The summed E-state index contributed by atoms with van der Waals surface area (Å²) < 4.78 is 5.96. The van der Waals surface area contributed by atoms with E-state index in [1.54, 1.807) is 0 Å². The van der Waals surface area contributed by atoms with Crippen molar-refractivity contribution < 1.29 is 24.5 Å². The largest absolute Gasteiger partial charge is 0.462 e. The predicted molar refractivity (Wildman–Crippen MR) is 282 cm³/mol. The van der Waals surface area contributed by atoms with Gasteiger partial charge in [-0.05, 0) is 83.5 Å². The molecule has 0 aromatic carbocycles. The van der Waals surface area contributed by atoms with Crippen molar-refractivity contribution in [2.24, 2.45) is 0 Å². The lowest BCUT2D eigenvalue weighted by Crippen LogP contribution is -2.46. The molecule has 6 heteroatoms.